The molecular formula is C27H25Br2N3O6. The Labute approximate surface area is 236 Å². The largest absolute Gasteiger partial charge is 0.506 e. The number of rotatable bonds is 9. The SMILES string of the molecule is CO[C@H](/C=C/C(=O)Nc1ccccc1N)[C@H](OC(=O)Nc1ccc(C(C)=O)cc1)c1cc(Br)cc(Br)c1O. The summed E-state index contributed by atoms with van der Waals surface area (Å²) in [6, 6.07) is 16.3. The molecule has 0 unspecified atom stereocenters. The molecule has 3 rings (SSSR count). The molecule has 0 aliphatic heterocycles. The summed E-state index contributed by atoms with van der Waals surface area (Å²) in [5.74, 6) is -0.768. The quantitative estimate of drug-likeness (QED) is 0.123. The van der Waals surface area contributed by atoms with Gasteiger partial charge in [0.15, 0.2) is 11.9 Å². The van der Waals surface area contributed by atoms with Gasteiger partial charge < -0.3 is 25.6 Å². The van der Waals surface area contributed by atoms with Gasteiger partial charge in [-0.05, 0) is 77.5 Å². The summed E-state index contributed by atoms with van der Waals surface area (Å²) in [6.07, 6.45) is -0.372. The number of methoxy groups -OCH3 is 1. The average molecular weight is 647 g/mol. The highest BCUT2D eigenvalue weighted by Gasteiger charge is 2.29. The third-order valence-electron chi connectivity index (χ3n) is 5.36. The normalized spacial score (nSPS) is 12.5. The van der Waals surface area contributed by atoms with Gasteiger partial charge in [0, 0.05) is 34.5 Å². The van der Waals surface area contributed by atoms with Crippen LogP contribution < -0.4 is 16.4 Å². The van der Waals surface area contributed by atoms with Gasteiger partial charge >= 0.3 is 6.09 Å². The molecule has 198 valence electrons. The lowest BCUT2D eigenvalue weighted by atomic mass is 10.0. The molecule has 9 nitrogen and oxygen atoms in total. The Morgan fingerprint density at radius 1 is 1.03 bits per heavy atom. The number of ether oxygens (including phenoxy) is 2. The first kappa shape index (κ1) is 28.9. The second-order valence-electron chi connectivity index (χ2n) is 8.05. The van der Waals surface area contributed by atoms with E-state index >= 15 is 0 Å². The molecule has 3 aromatic carbocycles. The van der Waals surface area contributed by atoms with Crippen molar-refractivity contribution in [3.8, 4) is 5.75 Å². The Bertz CT molecular complexity index is 1360. The van der Waals surface area contributed by atoms with E-state index in [-0.39, 0.29) is 17.1 Å². The van der Waals surface area contributed by atoms with Crippen LogP contribution in [0.4, 0.5) is 21.9 Å². The molecule has 0 spiro atoms. The van der Waals surface area contributed by atoms with Gasteiger partial charge in [0.25, 0.3) is 0 Å². The number of carbonyl (C=O) groups excluding carboxylic acids is 3. The van der Waals surface area contributed by atoms with Crippen LogP contribution in [0.3, 0.4) is 0 Å². The zero-order valence-electron chi connectivity index (χ0n) is 20.4. The maximum absolute atomic E-state index is 12.9. The van der Waals surface area contributed by atoms with E-state index in [1.165, 1.54) is 26.2 Å². The number of anilines is 3. The number of phenolic OH excluding ortho intramolecular Hbond substituents is 1. The minimum Gasteiger partial charge on any atom is -0.506 e. The monoisotopic (exact) mass is 645 g/mol. The number of Topliss-reactive ketones (excluding diaryl/α,β-unsaturated/α-hetero) is 1. The number of halogens is 2. The van der Waals surface area contributed by atoms with Crippen molar-refractivity contribution in [3.63, 3.8) is 0 Å². The van der Waals surface area contributed by atoms with E-state index in [0.29, 0.717) is 31.6 Å². The van der Waals surface area contributed by atoms with Gasteiger partial charge in [-0.3, -0.25) is 14.9 Å². The van der Waals surface area contributed by atoms with E-state index in [9.17, 15) is 19.5 Å². The number of phenols is 1. The maximum atomic E-state index is 12.9. The van der Waals surface area contributed by atoms with Crippen LogP contribution in [0.5, 0.6) is 5.75 Å². The second-order valence-corrected chi connectivity index (χ2v) is 9.82. The van der Waals surface area contributed by atoms with Crippen LogP contribution in [0.1, 0.15) is 28.9 Å². The Kier molecular flexibility index (Phi) is 10.1. The Morgan fingerprint density at radius 3 is 2.34 bits per heavy atom. The zero-order valence-corrected chi connectivity index (χ0v) is 23.6. The minimum atomic E-state index is -1.17. The Hall–Kier alpha value is -3.67. The second kappa shape index (κ2) is 13.2. The number of hydrogen-bond acceptors (Lipinski definition) is 7. The van der Waals surface area contributed by atoms with Crippen molar-refractivity contribution in [1.82, 2.24) is 0 Å². The third-order valence-corrected chi connectivity index (χ3v) is 6.42. The molecule has 0 fully saturated rings. The molecule has 0 radical (unpaired) electrons. The van der Waals surface area contributed by atoms with Crippen LogP contribution in [0.2, 0.25) is 0 Å². The molecule has 0 heterocycles. The molecular weight excluding hydrogens is 622 g/mol. The van der Waals surface area contributed by atoms with Crippen molar-refractivity contribution in [2.45, 2.75) is 19.1 Å². The van der Waals surface area contributed by atoms with Crippen molar-refractivity contribution in [1.29, 1.82) is 0 Å². The van der Waals surface area contributed by atoms with Crippen LogP contribution in [0, 0.1) is 0 Å². The third kappa shape index (κ3) is 7.67. The van der Waals surface area contributed by atoms with Crippen LogP contribution in [-0.4, -0.2) is 36.1 Å². The Morgan fingerprint density at radius 2 is 1.71 bits per heavy atom. The van der Waals surface area contributed by atoms with E-state index in [2.05, 4.69) is 42.5 Å². The fraction of sp³-hybridized carbons (Fsp3) is 0.148. The topological polar surface area (TPSA) is 140 Å². The molecule has 0 saturated heterocycles. The average Bonchev–Trinajstić information content (AvgIpc) is 2.87. The predicted octanol–water partition coefficient (Wildman–Crippen LogP) is 6.20. The number of ketones is 1. The molecule has 0 aromatic heterocycles. The number of amides is 2. The number of carbonyl (C=O) groups is 3. The van der Waals surface area contributed by atoms with Crippen molar-refractivity contribution >= 4 is 66.7 Å². The van der Waals surface area contributed by atoms with Gasteiger partial charge in [0.2, 0.25) is 5.91 Å². The highest BCUT2D eigenvalue weighted by Crippen LogP contribution is 2.39. The number of para-hydroxylation sites is 2. The molecule has 2 atom stereocenters. The fourth-order valence-corrected chi connectivity index (χ4v) is 4.69. The number of aromatic hydroxyl groups is 1. The molecule has 0 aliphatic carbocycles. The fourth-order valence-electron chi connectivity index (χ4n) is 3.43. The molecule has 0 saturated carbocycles. The van der Waals surface area contributed by atoms with Crippen LogP contribution in [0.15, 0.2) is 81.8 Å². The van der Waals surface area contributed by atoms with Crippen molar-refractivity contribution < 1.29 is 29.0 Å². The first-order chi connectivity index (χ1) is 18.1. The minimum absolute atomic E-state index is 0.108. The predicted molar refractivity (Wildman–Crippen MR) is 152 cm³/mol. The summed E-state index contributed by atoms with van der Waals surface area (Å²) in [4.78, 5) is 36.9. The van der Waals surface area contributed by atoms with Crippen LogP contribution in [-0.2, 0) is 14.3 Å². The van der Waals surface area contributed by atoms with Crippen LogP contribution >= 0.6 is 31.9 Å². The van der Waals surface area contributed by atoms with Crippen molar-refractivity contribution in [2.24, 2.45) is 0 Å². The first-order valence-corrected chi connectivity index (χ1v) is 12.8. The highest BCUT2D eigenvalue weighted by molar-refractivity contribution is 9.11. The summed E-state index contributed by atoms with van der Waals surface area (Å²) < 4.78 is 12.2. The molecule has 11 heteroatoms. The van der Waals surface area contributed by atoms with Crippen molar-refractivity contribution in [2.75, 3.05) is 23.5 Å². The van der Waals surface area contributed by atoms with E-state index in [4.69, 9.17) is 15.2 Å². The van der Waals surface area contributed by atoms with Gasteiger partial charge in [-0.15, -0.1) is 0 Å². The number of nitrogens with two attached hydrogens (primary N) is 1. The van der Waals surface area contributed by atoms with E-state index in [0.717, 1.165) is 0 Å². The van der Waals surface area contributed by atoms with E-state index in [1.807, 2.05) is 0 Å². The molecule has 0 bridgehead atoms. The van der Waals surface area contributed by atoms with E-state index < -0.39 is 24.2 Å². The van der Waals surface area contributed by atoms with Gasteiger partial charge in [0.1, 0.15) is 11.9 Å². The van der Waals surface area contributed by atoms with Crippen molar-refractivity contribution in [3.05, 3.63) is 92.9 Å². The maximum Gasteiger partial charge on any atom is 0.412 e. The Balaban J connectivity index is 1.86. The molecule has 5 N–H and O–H groups in total. The van der Waals surface area contributed by atoms with Crippen LogP contribution in [0.25, 0.3) is 0 Å². The van der Waals surface area contributed by atoms with Gasteiger partial charge in [-0.25, -0.2) is 4.79 Å². The molecule has 38 heavy (non-hydrogen) atoms. The number of nitrogen functional groups attached to an aromatic ring is 1. The standard InChI is InChI=1S/C27H25Br2N3O6/c1-15(33)16-7-9-18(10-8-16)31-27(36)38-26(19-13-17(28)14-20(29)25(19)35)23(37-2)11-12-24(34)32-22-6-4-3-5-21(22)30/h3-14,23,26,35H,30H2,1-2H3,(H,31,36)(H,32,34)/b12-11+/t23-,26-/m1/s1. The summed E-state index contributed by atoms with van der Waals surface area (Å²) in [5, 5.41) is 16.0. The number of hydrogen-bond donors (Lipinski definition) is 4. The highest BCUT2D eigenvalue weighted by atomic mass is 79.9. The first-order valence-electron chi connectivity index (χ1n) is 11.2. The molecule has 3 aromatic rings. The molecule has 2 amide bonds. The number of nitrogens with one attached hydrogen (secondary N) is 2. The zero-order chi connectivity index (χ0) is 27.8. The summed E-state index contributed by atoms with van der Waals surface area (Å²) in [7, 11) is 1.38. The van der Waals surface area contributed by atoms with Gasteiger partial charge in [0.05, 0.1) is 15.8 Å². The lowest BCUT2D eigenvalue weighted by Gasteiger charge is -2.25. The lowest BCUT2D eigenvalue weighted by Crippen LogP contribution is -2.27. The smallest absolute Gasteiger partial charge is 0.412 e. The lowest BCUT2D eigenvalue weighted by molar-refractivity contribution is -0.112. The molecule has 0 aliphatic rings. The summed E-state index contributed by atoms with van der Waals surface area (Å²) in [5.41, 5.74) is 7.82. The number of benzene rings is 3. The van der Waals surface area contributed by atoms with Gasteiger partial charge in [-0.2, -0.15) is 0 Å². The summed E-state index contributed by atoms with van der Waals surface area (Å²) in [6.45, 7) is 1.44. The summed E-state index contributed by atoms with van der Waals surface area (Å²) >= 11 is 6.65. The van der Waals surface area contributed by atoms with E-state index in [1.54, 1.807) is 60.7 Å². The van der Waals surface area contributed by atoms with Gasteiger partial charge in [-0.1, -0.05) is 28.1 Å².